The predicted octanol–water partition coefficient (Wildman–Crippen LogP) is 2.81. The number of amides is 2. The minimum absolute atomic E-state index is 0.0723. The van der Waals surface area contributed by atoms with Gasteiger partial charge in [0.25, 0.3) is 0 Å². The van der Waals surface area contributed by atoms with E-state index in [2.05, 4.69) is 25.7 Å². The summed E-state index contributed by atoms with van der Waals surface area (Å²) in [5.74, 6) is -1.89. The maximum absolute atomic E-state index is 15.2. The Morgan fingerprint density at radius 2 is 1.95 bits per heavy atom. The van der Waals surface area contributed by atoms with Crippen molar-refractivity contribution in [3.8, 4) is 22.6 Å². The van der Waals surface area contributed by atoms with Crippen molar-refractivity contribution in [2.45, 2.75) is 25.3 Å². The van der Waals surface area contributed by atoms with Gasteiger partial charge in [-0.05, 0) is 48.4 Å². The normalized spacial score (nSPS) is 15.8. The van der Waals surface area contributed by atoms with Crippen LogP contribution in [-0.4, -0.2) is 36.7 Å². The van der Waals surface area contributed by atoms with Crippen molar-refractivity contribution in [2.24, 2.45) is 0 Å². The van der Waals surface area contributed by atoms with Gasteiger partial charge < -0.3 is 8.94 Å². The first kappa shape index (κ1) is 22.5. The van der Waals surface area contributed by atoms with Crippen molar-refractivity contribution in [1.82, 2.24) is 30.2 Å². The van der Waals surface area contributed by atoms with E-state index < -0.39 is 23.5 Å². The highest BCUT2D eigenvalue weighted by molar-refractivity contribution is 6.00. The molecule has 37 heavy (non-hydrogen) atoms. The van der Waals surface area contributed by atoms with Crippen LogP contribution in [0.3, 0.4) is 0 Å². The Hall–Kier alpha value is -5.00. The quantitative estimate of drug-likeness (QED) is 0.360. The fraction of sp³-hybridized carbons (Fsp3) is 0.160. The third kappa shape index (κ3) is 4.07. The van der Waals surface area contributed by atoms with Crippen molar-refractivity contribution in [3.63, 3.8) is 0 Å². The van der Waals surface area contributed by atoms with Gasteiger partial charge in [0.05, 0.1) is 23.2 Å². The Bertz CT molecular complexity index is 1720. The van der Waals surface area contributed by atoms with Crippen molar-refractivity contribution >= 4 is 22.9 Å². The molecule has 184 valence electrons. The molecular formula is C25H17FN6O5. The standard InChI is InChI=1S/C25H17FN6O5/c26-22-14(16-5-2-10-27-30-16)3-1-4-15(22)23-29-21(37-31-23)12-13-6-8-19-18(11-13)32(25(35)36-19)17-7-9-20(33)28-24(17)34/h1-6,8,10-11,17H,7,9,12H2,(H,28,33,34). The second-order valence-corrected chi connectivity index (χ2v) is 8.47. The number of benzene rings is 2. The molecular weight excluding hydrogens is 483 g/mol. The molecule has 12 heteroatoms. The Labute approximate surface area is 206 Å². The first-order valence-corrected chi connectivity index (χ1v) is 11.3. The predicted molar refractivity (Wildman–Crippen MR) is 125 cm³/mol. The molecule has 1 aliphatic heterocycles. The molecule has 1 fully saturated rings. The summed E-state index contributed by atoms with van der Waals surface area (Å²) in [6.45, 7) is 0. The number of hydrogen-bond donors (Lipinski definition) is 1. The molecule has 3 aromatic heterocycles. The molecule has 1 N–H and O–H groups in total. The van der Waals surface area contributed by atoms with Gasteiger partial charge in [0.1, 0.15) is 11.9 Å². The summed E-state index contributed by atoms with van der Waals surface area (Å²) >= 11 is 0. The maximum Gasteiger partial charge on any atom is 0.420 e. The molecule has 1 unspecified atom stereocenters. The van der Waals surface area contributed by atoms with Gasteiger partial charge in [-0.1, -0.05) is 17.3 Å². The molecule has 6 rings (SSSR count). The maximum atomic E-state index is 15.2. The average molecular weight is 500 g/mol. The monoisotopic (exact) mass is 500 g/mol. The number of oxazole rings is 1. The Kier molecular flexibility index (Phi) is 5.40. The third-order valence-electron chi connectivity index (χ3n) is 6.11. The van der Waals surface area contributed by atoms with Gasteiger partial charge in [-0.25, -0.2) is 9.18 Å². The molecule has 0 saturated carbocycles. The lowest BCUT2D eigenvalue weighted by molar-refractivity contribution is -0.135. The molecule has 0 radical (unpaired) electrons. The fourth-order valence-electron chi connectivity index (χ4n) is 4.37. The Balaban J connectivity index is 1.30. The molecule has 0 bridgehead atoms. The summed E-state index contributed by atoms with van der Waals surface area (Å²) < 4.78 is 27.2. The molecule has 1 aliphatic rings. The number of halogens is 1. The van der Waals surface area contributed by atoms with E-state index in [1.807, 2.05) is 0 Å². The SMILES string of the molecule is O=C1CCC(n2c(=O)oc3ccc(Cc4nc(-c5cccc(-c6cccnn6)c5F)no4)cc32)C(=O)N1. The zero-order valence-electron chi connectivity index (χ0n) is 19.1. The first-order valence-electron chi connectivity index (χ1n) is 11.3. The van der Waals surface area contributed by atoms with Gasteiger partial charge in [0.15, 0.2) is 5.58 Å². The largest absolute Gasteiger partial charge is 0.420 e. The molecule has 5 aromatic rings. The van der Waals surface area contributed by atoms with Crippen LogP contribution in [0.2, 0.25) is 0 Å². The Morgan fingerprint density at radius 3 is 2.76 bits per heavy atom. The van der Waals surface area contributed by atoms with Crippen molar-refractivity contribution in [2.75, 3.05) is 0 Å². The van der Waals surface area contributed by atoms with Crippen LogP contribution in [0.1, 0.15) is 30.3 Å². The van der Waals surface area contributed by atoms with E-state index in [1.54, 1.807) is 48.5 Å². The molecule has 11 nitrogen and oxygen atoms in total. The number of imide groups is 1. The van der Waals surface area contributed by atoms with Gasteiger partial charge >= 0.3 is 5.76 Å². The first-order chi connectivity index (χ1) is 18.0. The molecule has 2 aromatic carbocycles. The lowest BCUT2D eigenvalue weighted by Gasteiger charge is -2.21. The lowest BCUT2D eigenvalue weighted by atomic mass is 10.1. The number of carbonyl (C=O) groups is 2. The molecule has 2 amide bonds. The highest BCUT2D eigenvalue weighted by Crippen LogP contribution is 2.29. The van der Waals surface area contributed by atoms with Gasteiger partial charge in [-0.15, -0.1) is 0 Å². The van der Waals surface area contributed by atoms with E-state index in [0.29, 0.717) is 22.4 Å². The second kappa shape index (κ2) is 8.90. The van der Waals surface area contributed by atoms with E-state index in [4.69, 9.17) is 8.94 Å². The van der Waals surface area contributed by atoms with Crippen LogP contribution < -0.4 is 11.1 Å². The van der Waals surface area contributed by atoms with Crippen LogP contribution in [0.4, 0.5) is 4.39 Å². The number of piperidine rings is 1. The number of fused-ring (bicyclic) bond motifs is 1. The number of nitrogens with one attached hydrogen (secondary N) is 1. The van der Waals surface area contributed by atoms with Crippen LogP contribution >= 0.6 is 0 Å². The van der Waals surface area contributed by atoms with Gasteiger partial charge in [0.2, 0.25) is 23.5 Å². The summed E-state index contributed by atoms with van der Waals surface area (Å²) in [5.41, 5.74) is 2.18. The van der Waals surface area contributed by atoms with Gasteiger partial charge in [-0.2, -0.15) is 15.2 Å². The Morgan fingerprint density at radius 1 is 1.08 bits per heavy atom. The van der Waals surface area contributed by atoms with E-state index in [1.165, 1.54) is 10.8 Å². The second-order valence-electron chi connectivity index (χ2n) is 8.47. The topological polar surface area (TPSA) is 146 Å². The van der Waals surface area contributed by atoms with Crippen LogP contribution in [0.5, 0.6) is 0 Å². The highest BCUT2D eigenvalue weighted by Gasteiger charge is 2.31. The van der Waals surface area contributed by atoms with E-state index in [9.17, 15) is 14.4 Å². The summed E-state index contributed by atoms with van der Waals surface area (Å²) in [7, 11) is 0. The van der Waals surface area contributed by atoms with Crippen LogP contribution in [0.15, 0.2) is 68.5 Å². The summed E-state index contributed by atoms with van der Waals surface area (Å²) in [5, 5.41) is 13.9. The minimum Gasteiger partial charge on any atom is -0.408 e. The van der Waals surface area contributed by atoms with Crippen LogP contribution in [0.25, 0.3) is 33.7 Å². The zero-order valence-corrected chi connectivity index (χ0v) is 19.1. The number of aromatic nitrogens is 5. The van der Waals surface area contributed by atoms with E-state index in [0.717, 1.165) is 0 Å². The third-order valence-corrected chi connectivity index (χ3v) is 6.11. The highest BCUT2D eigenvalue weighted by atomic mass is 19.1. The minimum atomic E-state index is -0.860. The number of carbonyl (C=O) groups excluding carboxylic acids is 2. The van der Waals surface area contributed by atoms with Crippen molar-refractivity contribution in [1.29, 1.82) is 0 Å². The van der Waals surface area contributed by atoms with E-state index >= 15 is 4.39 Å². The van der Waals surface area contributed by atoms with Gasteiger partial charge in [0, 0.05) is 18.2 Å². The molecule has 1 saturated heterocycles. The van der Waals surface area contributed by atoms with Crippen LogP contribution in [-0.2, 0) is 16.0 Å². The summed E-state index contributed by atoms with van der Waals surface area (Å²) in [6.07, 6.45) is 2.00. The lowest BCUT2D eigenvalue weighted by Crippen LogP contribution is -2.43. The summed E-state index contributed by atoms with van der Waals surface area (Å²) in [4.78, 5) is 40.7. The number of hydrogen-bond acceptors (Lipinski definition) is 9. The fourth-order valence-corrected chi connectivity index (χ4v) is 4.37. The molecule has 0 spiro atoms. The zero-order chi connectivity index (χ0) is 25.5. The van der Waals surface area contributed by atoms with Crippen molar-refractivity contribution in [3.05, 3.63) is 82.5 Å². The number of nitrogens with zero attached hydrogens (tertiary/aromatic N) is 5. The van der Waals surface area contributed by atoms with E-state index in [-0.39, 0.29) is 48.0 Å². The van der Waals surface area contributed by atoms with Gasteiger partial charge in [-0.3, -0.25) is 19.5 Å². The van der Waals surface area contributed by atoms with Crippen molar-refractivity contribution < 1.29 is 22.9 Å². The number of rotatable bonds is 5. The average Bonchev–Trinajstić information content (AvgIpc) is 3.48. The molecule has 1 atom stereocenters. The molecule has 4 heterocycles. The molecule has 0 aliphatic carbocycles. The summed E-state index contributed by atoms with van der Waals surface area (Å²) in [6, 6.07) is 12.3. The smallest absolute Gasteiger partial charge is 0.408 e. The van der Waals surface area contributed by atoms with Crippen LogP contribution in [0, 0.1) is 5.82 Å².